The molecule has 1 heteroatoms. The van der Waals surface area contributed by atoms with E-state index in [1.165, 1.54) is 25.0 Å². The molecular formula is C10H19N. The van der Waals surface area contributed by atoms with Crippen molar-refractivity contribution >= 4 is 0 Å². The van der Waals surface area contributed by atoms with Crippen molar-refractivity contribution in [2.45, 2.75) is 26.7 Å². The topological polar surface area (TPSA) is 3.24 Å². The Hall–Kier alpha value is -0.300. The zero-order valence-corrected chi connectivity index (χ0v) is 7.98. The summed E-state index contributed by atoms with van der Waals surface area (Å²) in [6.45, 7) is 11.1. The highest BCUT2D eigenvalue weighted by molar-refractivity contribution is 5.09. The summed E-state index contributed by atoms with van der Waals surface area (Å²) in [4.78, 5) is 2.40. The lowest BCUT2D eigenvalue weighted by Gasteiger charge is -2.28. The maximum atomic E-state index is 4.13. The highest BCUT2D eigenvalue weighted by Crippen LogP contribution is 2.31. The molecule has 0 amide bonds. The molecule has 1 aliphatic heterocycles. The number of hydrogen-bond acceptors (Lipinski definition) is 1. The molecule has 0 unspecified atom stereocenters. The smallest absolute Gasteiger partial charge is 0.00669 e. The van der Waals surface area contributed by atoms with Crippen LogP contribution in [0.15, 0.2) is 12.2 Å². The third kappa shape index (κ3) is 2.06. The first-order valence-electron chi connectivity index (χ1n) is 4.39. The highest BCUT2D eigenvalue weighted by Gasteiger charge is 2.25. The molecule has 0 aromatic heterocycles. The molecule has 1 saturated heterocycles. The van der Waals surface area contributed by atoms with Crippen LogP contribution in [0.2, 0.25) is 0 Å². The average molecular weight is 153 g/mol. The molecule has 1 aliphatic rings. The van der Waals surface area contributed by atoms with Gasteiger partial charge in [-0.05, 0) is 31.8 Å². The molecule has 0 bridgehead atoms. The van der Waals surface area contributed by atoms with Gasteiger partial charge in [-0.25, -0.2) is 0 Å². The molecule has 1 fully saturated rings. The standard InChI is InChI=1S/C10H19N/c1-9-6-5-7-11(4)8-10(9,2)3/h1,5-8H2,2-4H3. The maximum absolute atomic E-state index is 4.13. The molecule has 0 atom stereocenters. The fourth-order valence-corrected chi connectivity index (χ4v) is 1.77. The van der Waals surface area contributed by atoms with Gasteiger partial charge in [-0.1, -0.05) is 26.0 Å². The van der Waals surface area contributed by atoms with E-state index in [1.807, 2.05) is 0 Å². The summed E-state index contributed by atoms with van der Waals surface area (Å²) in [5.74, 6) is 0. The normalized spacial score (nSPS) is 26.6. The van der Waals surface area contributed by atoms with Crippen LogP contribution in [0.3, 0.4) is 0 Å². The summed E-state index contributed by atoms with van der Waals surface area (Å²) >= 11 is 0. The van der Waals surface area contributed by atoms with E-state index in [0.29, 0.717) is 5.41 Å². The van der Waals surface area contributed by atoms with E-state index in [9.17, 15) is 0 Å². The van der Waals surface area contributed by atoms with Gasteiger partial charge in [0.15, 0.2) is 0 Å². The molecule has 0 N–H and O–H groups in total. The van der Waals surface area contributed by atoms with E-state index < -0.39 is 0 Å². The summed E-state index contributed by atoms with van der Waals surface area (Å²) in [6.07, 6.45) is 2.48. The fraction of sp³-hybridized carbons (Fsp3) is 0.800. The predicted octanol–water partition coefficient (Wildman–Crippen LogP) is 2.29. The highest BCUT2D eigenvalue weighted by atomic mass is 15.1. The minimum absolute atomic E-state index is 0.325. The van der Waals surface area contributed by atoms with Crippen molar-refractivity contribution in [3.63, 3.8) is 0 Å². The van der Waals surface area contributed by atoms with Crippen molar-refractivity contribution in [2.75, 3.05) is 20.1 Å². The quantitative estimate of drug-likeness (QED) is 0.483. The van der Waals surface area contributed by atoms with Gasteiger partial charge in [-0.15, -0.1) is 0 Å². The Kier molecular flexibility index (Phi) is 2.38. The minimum Gasteiger partial charge on any atom is -0.306 e. The van der Waals surface area contributed by atoms with Crippen LogP contribution in [-0.2, 0) is 0 Å². The van der Waals surface area contributed by atoms with Crippen LogP contribution in [0.5, 0.6) is 0 Å². The lowest BCUT2D eigenvalue weighted by Crippen LogP contribution is -2.30. The summed E-state index contributed by atoms with van der Waals surface area (Å²) in [5.41, 5.74) is 1.74. The van der Waals surface area contributed by atoms with Crippen LogP contribution in [-0.4, -0.2) is 25.0 Å². The average Bonchev–Trinajstić information content (AvgIpc) is 1.93. The molecule has 1 rings (SSSR count). The zero-order valence-electron chi connectivity index (χ0n) is 7.98. The molecule has 0 aromatic rings. The largest absolute Gasteiger partial charge is 0.306 e. The number of hydrogen-bond donors (Lipinski definition) is 0. The van der Waals surface area contributed by atoms with Crippen LogP contribution in [0.4, 0.5) is 0 Å². The van der Waals surface area contributed by atoms with Crippen molar-refractivity contribution < 1.29 is 0 Å². The second kappa shape index (κ2) is 2.98. The Labute approximate surface area is 70.1 Å². The van der Waals surface area contributed by atoms with Crippen LogP contribution < -0.4 is 0 Å². The van der Waals surface area contributed by atoms with Crippen molar-refractivity contribution in [3.05, 3.63) is 12.2 Å². The van der Waals surface area contributed by atoms with E-state index in [2.05, 4.69) is 32.4 Å². The molecule has 64 valence electrons. The Bertz CT molecular complexity index is 158. The van der Waals surface area contributed by atoms with Gasteiger partial charge in [0.25, 0.3) is 0 Å². The number of nitrogens with zero attached hydrogens (tertiary/aromatic N) is 1. The molecule has 1 nitrogen and oxygen atoms in total. The van der Waals surface area contributed by atoms with Crippen LogP contribution in [0.25, 0.3) is 0 Å². The summed E-state index contributed by atoms with van der Waals surface area (Å²) in [5, 5.41) is 0. The first-order valence-corrected chi connectivity index (χ1v) is 4.39. The van der Waals surface area contributed by atoms with E-state index in [4.69, 9.17) is 0 Å². The lowest BCUT2D eigenvalue weighted by atomic mass is 9.84. The summed E-state index contributed by atoms with van der Waals surface area (Å²) in [6, 6.07) is 0. The molecule has 0 aromatic carbocycles. The van der Waals surface area contributed by atoms with Gasteiger partial charge in [-0.2, -0.15) is 0 Å². The zero-order chi connectivity index (χ0) is 8.48. The Morgan fingerprint density at radius 3 is 2.73 bits per heavy atom. The second-order valence-electron chi connectivity index (χ2n) is 4.33. The van der Waals surface area contributed by atoms with E-state index in [1.54, 1.807) is 0 Å². The molecule has 0 radical (unpaired) electrons. The van der Waals surface area contributed by atoms with Crippen LogP contribution in [0, 0.1) is 5.41 Å². The van der Waals surface area contributed by atoms with Crippen molar-refractivity contribution in [1.82, 2.24) is 4.90 Å². The molecule has 0 spiro atoms. The SMILES string of the molecule is C=C1CCCN(C)CC1(C)C. The van der Waals surface area contributed by atoms with Crippen LogP contribution >= 0.6 is 0 Å². The Balaban J connectivity index is 2.68. The van der Waals surface area contributed by atoms with Crippen LogP contribution in [0.1, 0.15) is 26.7 Å². The van der Waals surface area contributed by atoms with Gasteiger partial charge >= 0.3 is 0 Å². The monoisotopic (exact) mass is 153 g/mol. The van der Waals surface area contributed by atoms with Crippen molar-refractivity contribution in [2.24, 2.45) is 5.41 Å². The third-order valence-electron chi connectivity index (χ3n) is 2.64. The van der Waals surface area contributed by atoms with Gasteiger partial charge in [0, 0.05) is 6.54 Å². The lowest BCUT2D eigenvalue weighted by molar-refractivity contribution is 0.261. The molecule has 1 heterocycles. The predicted molar refractivity (Wildman–Crippen MR) is 49.7 cm³/mol. The third-order valence-corrected chi connectivity index (χ3v) is 2.64. The first kappa shape index (κ1) is 8.79. The maximum Gasteiger partial charge on any atom is 0.00669 e. The second-order valence-corrected chi connectivity index (χ2v) is 4.33. The van der Waals surface area contributed by atoms with Gasteiger partial charge < -0.3 is 4.90 Å². The molecule has 0 saturated carbocycles. The Morgan fingerprint density at radius 1 is 1.45 bits per heavy atom. The summed E-state index contributed by atoms with van der Waals surface area (Å²) in [7, 11) is 2.19. The molecule has 11 heavy (non-hydrogen) atoms. The van der Waals surface area contributed by atoms with Gasteiger partial charge in [0.05, 0.1) is 0 Å². The molecular weight excluding hydrogens is 134 g/mol. The van der Waals surface area contributed by atoms with E-state index >= 15 is 0 Å². The summed E-state index contributed by atoms with van der Waals surface area (Å²) < 4.78 is 0. The van der Waals surface area contributed by atoms with E-state index in [-0.39, 0.29) is 0 Å². The van der Waals surface area contributed by atoms with Gasteiger partial charge in [-0.3, -0.25) is 0 Å². The first-order chi connectivity index (χ1) is 5.02. The van der Waals surface area contributed by atoms with Crippen molar-refractivity contribution in [3.8, 4) is 0 Å². The van der Waals surface area contributed by atoms with E-state index in [0.717, 1.165) is 6.54 Å². The number of likely N-dealkylation sites (tertiary alicyclic amines) is 1. The molecule has 0 aliphatic carbocycles. The van der Waals surface area contributed by atoms with Crippen molar-refractivity contribution in [1.29, 1.82) is 0 Å². The Morgan fingerprint density at radius 2 is 2.09 bits per heavy atom. The minimum atomic E-state index is 0.325. The number of rotatable bonds is 0. The fourth-order valence-electron chi connectivity index (χ4n) is 1.77. The van der Waals surface area contributed by atoms with Gasteiger partial charge in [0.1, 0.15) is 0 Å². The van der Waals surface area contributed by atoms with Gasteiger partial charge in [0.2, 0.25) is 0 Å².